The molecule has 1 heterocycles. The van der Waals surface area contributed by atoms with Gasteiger partial charge < -0.3 is 10.2 Å². The van der Waals surface area contributed by atoms with Gasteiger partial charge in [-0.15, -0.1) is 0 Å². The Labute approximate surface area is 110 Å². The lowest BCUT2D eigenvalue weighted by atomic mass is 9.97. The summed E-state index contributed by atoms with van der Waals surface area (Å²) in [5.74, 6) is 1.27. The van der Waals surface area contributed by atoms with Crippen molar-refractivity contribution in [3.8, 4) is 0 Å². The molecule has 0 spiro atoms. The van der Waals surface area contributed by atoms with Crippen LogP contribution in [0.15, 0.2) is 52.9 Å². The molecule has 1 atom stereocenters. The molecule has 3 heteroatoms. The Hall–Kier alpha value is -2.13. The minimum Gasteiger partial charge on any atom is -0.464 e. The summed E-state index contributed by atoms with van der Waals surface area (Å²) in [5, 5.41) is 1.41. The molecule has 1 unspecified atom stereocenters. The first-order chi connectivity index (χ1) is 9.16. The van der Waals surface area contributed by atoms with Crippen LogP contribution in [-0.4, -0.2) is 0 Å². The topological polar surface area (TPSA) is 39.2 Å². The molecule has 0 aliphatic rings. The van der Waals surface area contributed by atoms with Gasteiger partial charge in [0.2, 0.25) is 0 Å². The molecule has 0 bridgehead atoms. The van der Waals surface area contributed by atoms with Gasteiger partial charge in [0.25, 0.3) is 0 Å². The molecule has 0 amide bonds. The zero-order valence-electron chi connectivity index (χ0n) is 10.6. The van der Waals surface area contributed by atoms with Crippen LogP contribution in [0.2, 0.25) is 0 Å². The lowest BCUT2D eigenvalue weighted by molar-refractivity contribution is 0.467. The Morgan fingerprint density at radius 2 is 1.74 bits per heavy atom. The molecule has 2 nitrogen and oxygen atoms in total. The third-order valence-corrected chi connectivity index (χ3v) is 3.31. The Kier molecular flexibility index (Phi) is 2.84. The summed E-state index contributed by atoms with van der Waals surface area (Å²) < 4.78 is 19.3. The lowest BCUT2D eigenvalue weighted by Gasteiger charge is -2.13. The van der Waals surface area contributed by atoms with Crippen molar-refractivity contribution in [1.29, 1.82) is 0 Å². The van der Waals surface area contributed by atoms with Gasteiger partial charge in [-0.2, -0.15) is 0 Å². The highest BCUT2D eigenvalue weighted by Crippen LogP contribution is 2.29. The van der Waals surface area contributed by atoms with E-state index in [1.54, 1.807) is 12.1 Å². The number of halogens is 1. The smallest absolute Gasteiger partial charge is 0.131 e. The van der Waals surface area contributed by atoms with Gasteiger partial charge in [0, 0.05) is 5.39 Å². The number of aryl methyl sites for hydroxylation is 1. The van der Waals surface area contributed by atoms with Gasteiger partial charge in [-0.05, 0) is 36.1 Å². The van der Waals surface area contributed by atoms with Crippen molar-refractivity contribution in [1.82, 2.24) is 0 Å². The van der Waals surface area contributed by atoms with E-state index in [2.05, 4.69) is 0 Å². The van der Waals surface area contributed by atoms with Crippen molar-refractivity contribution in [2.45, 2.75) is 13.0 Å². The van der Waals surface area contributed by atoms with Crippen LogP contribution < -0.4 is 5.73 Å². The number of furan rings is 1. The quantitative estimate of drug-likeness (QED) is 0.753. The molecular formula is C16H14FNO. The standard InChI is InChI=1S/C16H14FNO/c1-10-6-9-15(19-10)16(18)13-7-8-14(17)12-5-3-2-4-11(12)13/h2-9,16H,18H2,1H3. The fraction of sp³-hybridized carbons (Fsp3) is 0.125. The van der Waals surface area contributed by atoms with Crippen molar-refractivity contribution >= 4 is 10.8 Å². The number of benzene rings is 2. The molecule has 19 heavy (non-hydrogen) atoms. The molecule has 3 rings (SSSR count). The maximum Gasteiger partial charge on any atom is 0.131 e. The van der Waals surface area contributed by atoms with Crippen LogP contribution in [0.1, 0.15) is 23.1 Å². The predicted octanol–water partition coefficient (Wildman–Crippen LogP) is 3.93. The van der Waals surface area contributed by atoms with E-state index in [-0.39, 0.29) is 11.9 Å². The molecule has 0 aliphatic carbocycles. The highest BCUT2D eigenvalue weighted by atomic mass is 19.1. The Morgan fingerprint density at radius 1 is 1.00 bits per heavy atom. The van der Waals surface area contributed by atoms with E-state index in [1.807, 2.05) is 37.3 Å². The van der Waals surface area contributed by atoms with Crippen LogP contribution in [0, 0.1) is 12.7 Å². The summed E-state index contributed by atoms with van der Waals surface area (Å²) in [6.07, 6.45) is 0. The molecule has 3 aromatic rings. The minimum absolute atomic E-state index is 0.234. The summed E-state index contributed by atoms with van der Waals surface area (Å²) in [6.45, 7) is 1.87. The van der Waals surface area contributed by atoms with Crippen LogP contribution >= 0.6 is 0 Å². The SMILES string of the molecule is Cc1ccc(C(N)c2ccc(F)c3ccccc23)o1. The number of nitrogens with two attached hydrogens (primary N) is 1. The van der Waals surface area contributed by atoms with Gasteiger partial charge in [-0.3, -0.25) is 0 Å². The van der Waals surface area contributed by atoms with E-state index in [0.29, 0.717) is 11.1 Å². The third-order valence-electron chi connectivity index (χ3n) is 3.31. The fourth-order valence-electron chi connectivity index (χ4n) is 2.33. The average Bonchev–Trinajstić information content (AvgIpc) is 2.86. The van der Waals surface area contributed by atoms with Gasteiger partial charge >= 0.3 is 0 Å². The first kappa shape index (κ1) is 11.9. The van der Waals surface area contributed by atoms with Crippen molar-refractivity contribution in [2.75, 3.05) is 0 Å². The molecule has 0 saturated heterocycles. The van der Waals surface area contributed by atoms with Crippen molar-refractivity contribution < 1.29 is 8.81 Å². The van der Waals surface area contributed by atoms with E-state index >= 15 is 0 Å². The van der Waals surface area contributed by atoms with Crippen LogP contribution in [0.5, 0.6) is 0 Å². The second kappa shape index (κ2) is 4.52. The molecule has 0 aliphatic heterocycles. The molecule has 2 N–H and O–H groups in total. The normalized spacial score (nSPS) is 12.8. The van der Waals surface area contributed by atoms with Gasteiger partial charge in [-0.1, -0.05) is 30.3 Å². The fourth-order valence-corrected chi connectivity index (χ4v) is 2.33. The Bertz CT molecular complexity index is 732. The van der Waals surface area contributed by atoms with E-state index in [4.69, 9.17) is 10.2 Å². The van der Waals surface area contributed by atoms with Crippen molar-refractivity contribution in [3.05, 3.63) is 71.4 Å². The largest absolute Gasteiger partial charge is 0.464 e. The van der Waals surface area contributed by atoms with E-state index in [0.717, 1.165) is 16.7 Å². The summed E-state index contributed by atoms with van der Waals surface area (Å²) in [5.41, 5.74) is 7.10. The number of fused-ring (bicyclic) bond motifs is 1. The number of rotatable bonds is 2. The van der Waals surface area contributed by atoms with Gasteiger partial charge in [0.1, 0.15) is 17.3 Å². The zero-order chi connectivity index (χ0) is 13.4. The van der Waals surface area contributed by atoms with Crippen LogP contribution in [0.4, 0.5) is 4.39 Å². The highest BCUT2D eigenvalue weighted by molar-refractivity contribution is 5.87. The molecule has 0 fully saturated rings. The molecular weight excluding hydrogens is 241 g/mol. The molecule has 1 aromatic heterocycles. The van der Waals surface area contributed by atoms with Gasteiger partial charge in [-0.25, -0.2) is 4.39 Å². The lowest BCUT2D eigenvalue weighted by Crippen LogP contribution is -2.11. The van der Waals surface area contributed by atoms with Crippen LogP contribution in [0.25, 0.3) is 10.8 Å². The van der Waals surface area contributed by atoms with Gasteiger partial charge in [0.05, 0.1) is 6.04 Å². The predicted molar refractivity (Wildman–Crippen MR) is 73.4 cm³/mol. The van der Waals surface area contributed by atoms with Gasteiger partial charge in [0.15, 0.2) is 0 Å². The van der Waals surface area contributed by atoms with E-state index in [1.165, 1.54) is 6.07 Å². The maximum atomic E-state index is 13.8. The van der Waals surface area contributed by atoms with Crippen LogP contribution in [0.3, 0.4) is 0 Å². The molecule has 0 radical (unpaired) electrons. The van der Waals surface area contributed by atoms with E-state index in [9.17, 15) is 4.39 Å². The zero-order valence-corrected chi connectivity index (χ0v) is 10.6. The maximum absolute atomic E-state index is 13.8. The average molecular weight is 255 g/mol. The molecule has 2 aromatic carbocycles. The summed E-state index contributed by atoms with van der Waals surface area (Å²) in [7, 11) is 0. The summed E-state index contributed by atoms with van der Waals surface area (Å²) >= 11 is 0. The van der Waals surface area contributed by atoms with Crippen molar-refractivity contribution in [2.24, 2.45) is 5.73 Å². The summed E-state index contributed by atoms with van der Waals surface area (Å²) in [6, 6.07) is 13.9. The molecule has 96 valence electrons. The number of hydrogen-bond acceptors (Lipinski definition) is 2. The second-order valence-corrected chi connectivity index (χ2v) is 4.61. The second-order valence-electron chi connectivity index (χ2n) is 4.61. The Balaban J connectivity index is 2.18. The molecule has 0 saturated carbocycles. The van der Waals surface area contributed by atoms with Crippen LogP contribution in [-0.2, 0) is 0 Å². The minimum atomic E-state index is -0.390. The first-order valence-corrected chi connectivity index (χ1v) is 6.16. The third kappa shape index (κ3) is 2.02. The monoisotopic (exact) mass is 255 g/mol. The van der Waals surface area contributed by atoms with E-state index < -0.39 is 0 Å². The Morgan fingerprint density at radius 3 is 2.42 bits per heavy atom. The number of hydrogen-bond donors (Lipinski definition) is 1. The van der Waals surface area contributed by atoms with Crippen molar-refractivity contribution in [3.63, 3.8) is 0 Å². The first-order valence-electron chi connectivity index (χ1n) is 6.16. The summed E-state index contributed by atoms with van der Waals surface area (Å²) in [4.78, 5) is 0. The highest BCUT2D eigenvalue weighted by Gasteiger charge is 2.16.